The molecule has 1 nitrogen and oxygen atoms in total. The van der Waals surface area contributed by atoms with Crippen molar-refractivity contribution in [2.45, 2.75) is 25.8 Å². The maximum absolute atomic E-state index is 5.80. The highest BCUT2D eigenvalue weighted by Gasteiger charge is 2.06. The largest absolute Gasteiger partial charge is 0.302 e. The van der Waals surface area contributed by atoms with Gasteiger partial charge in [0.05, 0.1) is 0 Å². The van der Waals surface area contributed by atoms with E-state index < -0.39 is 0 Å². The van der Waals surface area contributed by atoms with E-state index in [1.165, 1.54) is 12.0 Å². The van der Waals surface area contributed by atoms with Crippen molar-refractivity contribution in [2.75, 3.05) is 19.5 Å². The fourth-order valence-electron chi connectivity index (χ4n) is 1.52. The predicted molar refractivity (Wildman–Crippen MR) is 67.6 cm³/mol. The van der Waals surface area contributed by atoms with Crippen molar-refractivity contribution < 1.29 is 0 Å². The van der Waals surface area contributed by atoms with Crippen molar-refractivity contribution in [3.8, 4) is 0 Å². The highest BCUT2D eigenvalue weighted by atomic mass is 35.5. The van der Waals surface area contributed by atoms with E-state index in [0.717, 1.165) is 13.0 Å². The molecule has 0 aliphatic heterocycles. The van der Waals surface area contributed by atoms with Crippen LogP contribution < -0.4 is 0 Å². The molecule has 15 heavy (non-hydrogen) atoms. The van der Waals surface area contributed by atoms with E-state index in [2.05, 4.69) is 49.2 Å². The number of benzene rings is 1. The zero-order valence-electron chi connectivity index (χ0n) is 9.62. The van der Waals surface area contributed by atoms with Gasteiger partial charge in [-0.3, -0.25) is 0 Å². The summed E-state index contributed by atoms with van der Waals surface area (Å²) in [6.45, 7) is 3.28. The van der Waals surface area contributed by atoms with Gasteiger partial charge in [0.15, 0.2) is 0 Å². The number of alkyl halides is 1. The van der Waals surface area contributed by atoms with Gasteiger partial charge in [0.1, 0.15) is 0 Å². The summed E-state index contributed by atoms with van der Waals surface area (Å²) >= 11 is 5.80. The van der Waals surface area contributed by atoms with Gasteiger partial charge in [0.25, 0.3) is 0 Å². The summed E-state index contributed by atoms with van der Waals surface area (Å²) < 4.78 is 0. The van der Waals surface area contributed by atoms with Crippen LogP contribution >= 0.6 is 11.6 Å². The predicted octanol–water partition coefficient (Wildman–Crippen LogP) is 3.18. The average molecular weight is 226 g/mol. The highest BCUT2D eigenvalue weighted by Crippen LogP contribution is 2.05. The van der Waals surface area contributed by atoms with Crippen molar-refractivity contribution in [1.29, 1.82) is 0 Å². The molecule has 0 fully saturated rings. The second-order valence-electron chi connectivity index (χ2n) is 4.07. The van der Waals surface area contributed by atoms with E-state index in [9.17, 15) is 0 Å². The molecule has 1 aromatic carbocycles. The molecule has 0 heterocycles. The third-order valence-corrected chi connectivity index (χ3v) is 3.24. The van der Waals surface area contributed by atoms with E-state index >= 15 is 0 Å². The Morgan fingerprint density at radius 2 is 1.93 bits per heavy atom. The van der Waals surface area contributed by atoms with Gasteiger partial charge in [-0.25, -0.2) is 0 Å². The van der Waals surface area contributed by atoms with E-state index in [1.807, 2.05) is 0 Å². The highest BCUT2D eigenvalue weighted by molar-refractivity contribution is 6.18. The summed E-state index contributed by atoms with van der Waals surface area (Å²) in [6.07, 6.45) is 2.35. The summed E-state index contributed by atoms with van der Waals surface area (Å²) in [5, 5.41) is 0. The molecule has 0 aliphatic carbocycles. The van der Waals surface area contributed by atoms with Gasteiger partial charge in [0, 0.05) is 11.9 Å². The minimum atomic E-state index is 0.474. The van der Waals surface area contributed by atoms with Crippen molar-refractivity contribution in [3.05, 3.63) is 35.9 Å². The lowest BCUT2D eigenvalue weighted by Gasteiger charge is -2.22. The van der Waals surface area contributed by atoms with Crippen LogP contribution in [0.4, 0.5) is 0 Å². The fraction of sp³-hybridized carbons (Fsp3) is 0.538. The van der Waals surface area contributed by atoms with Crippen LogP contribution in [0.2, 0.25) is 0 Å². The molecule has 0 spiro atoms. The summed E-state index contributed by atoms with van der Waals surface area (Å²) in [4.78, 5) is 2.32. The molecule has 84 valence electrons. The number of nitrogens with zero attached hydrogens (tertiary/aromatic N) is 1. The zero-order valence-corrected chi connectivity index (χ0v) is 10.4. The molecule has 0 radical (unpaired) electrons. The third kappa shape index (κ3) is 4.67. The Bertz CT molecular complexity index is 260. The molecule has 0 N–H and O–H groups in total. The Labute approximate surface area is 98.0 Å². The van der Waals surface area contributed by atoms with Crippen LogP contribution in [0.1, 0.15) is 18.9 Å². The van der Waals surface area contributed by atoms with Gasteiger partial charge in [-0.2, -0.15) is 0 Å². The molecule has 1 atom stereocenters. The molecule has 1 unspecified atom stereocenters. The summed E-state index contributed by atoms with van der Waals surface area (Å²) in [5.41, 5.74) is 1.42. The van der Waals surface area contributed by atoms with Gasteiger partial charge < -0.3 is 4.90 Å². The van der Waals surface area contributed by atoms with Crippen molar-refractivity contribution in [1.82, 2.24) is 4.90 Å². The standard InChI is InChI=1S/C13H20ClN/c1-12(11-14)15(2)10-6-9-13-7-4-3-5-8-13/h3-5,7-8,12H,6,9-11H2,1-2H3. The Balaban J connectivity index is 2.22. The second-order valence-corrected chi connectivity index (χ2v) is 4.38. The number of hydrogen-bond donors (Lipinski definition) is 0. The number of rotatable bonds is 6. The first-order chi connectivity index (χ1) is 7.24. The molecule has 0 amide bonds. The first kappa shape index (κ1) is 12.5. The lowest BCUT2D eigenvalue weighted by Crippen LogP contribution is -2.31. The molecule has 0 aromatic heterocycles. The zero-order chi connectivity index (χ0) is 11.1. The Morgan fingerprint density at radius 1 is 1.27 bits per heavy atom. The van der Waals surface area contributed by atoms with E-state index in [-0.39, 0.29) is 0 Å². The molecule has 2 heteroatoms. The molecule has 0 aliphatic rings. The van der Waals surface area contributed by atoms with Crippen LogP contribution in [0, 0.1) is 0 Å². The smallest absolute Gasteiger partial charge is 0.0376 e. The van der Waals surface area contributed by atoms with Crippen LogP contribution in [0.5, 0.6) is 0 Å². The van der Waals surface area contributed by atoms with Gasteiger partial charge in [0.2, 0.25) is 0 Å². The van der Waals surface area contributed by atoms with E-state index in [0.29, 0.717) is 11.9 Å². The maximum Gasteiger partial charge on any atom is 0.0376 e. The quantitative estimate of drug-likeness (QED) is 0.673. The van der Waals surface area contributed by atoms with Crippen molar-refractivity contribution in [3.63, 3.8) is 0 Å². The first-order valence-corrected chi connectivity index (χ1v) is 6.07. The maximum atomic E-state index is 5.80. The summed E-state index contributed by atoms with van der Waals surface area (Å²) in [7, 11) is 2.14. The van der Waals surface area contributed by atoms with Crippen LogP contribution in [-0.4, -0.2) is 30.4 Å². The third-order valence-electron chi connectivity index (χ3n) is 2.79. The molecule has 0 bridgehead atoms. The minimum absolute atomic E-state index is 0.474. The Kier molecular flexibility index (Phi) is 5.74. The van der Waals surface area contributed by atoms with Crippen molar-refractivity contribution >= 4 is 11.6 Å². The van der Waals surface area contributed by atoms with Gasteiger partial charge in [-0.05, 0) is 38.9 Å². The van der Waals surface area contributed by atoms with E-state index in [1.54, 1.807) is 0 Å². The fourth-order valence-corrected chi connectivity index (χ4v) is 1.75. The molecule has 0 saturated carbocycles. The normalized spacial score (nSPS) is 13.1. The Hall–Kier alpha value is -0.530. The van der Waals surface area contributed by atoms with Crippen LogP contribution in [0.15, 0.2) is 30.3 Å². The second kappa shape index (κ2) is 6.86. The average Bonchev–Trinajstić information content (AvgIpc) is 2.29. The lowest BCUT2D eigenvalue weighted by atomic mass is 10.1. The van der Waals surface area contributed by atoms with Gasteiger partial charge >= 0.3 is 0 Å². The number of hydrogen-bond acceptors (Lipinski definition) is 1. The number of aryl methyl sites for hydroxylation is 1. The first-order valence-electron chi connectivity index (χ1n) is 5.54. The van der Waals surface area contributed by atoms with Crippen LogP contribution in [0.3, 0.4) is 0 Å². The van der Waals surface area contributed by atoms with E-state index in [4.69, 9.17) is 11.6 Å². The monoisotopic (exact) mass is 225 g/mol. The lowest BCUT2D eigenvalue weighted by molar-refractivity contribution is 0.273. The topological polar surface area (TPSA) is 3.24 Å². The summed E-state index contributed by atoms with van der Waals surface area (Å²) in [6, 6.07) is 11.1. The minimum Gasteiger partial charge on any atom is -0.302 e. The summed E-state index contributed by atoms with van der Waals surface area (Å²) in [5.74, 6) is 0.710. The molecular formula is C13H20ClN. The van der Waals surface area contributed by atoms with Gasteiger partial charge in [-0.1, -0.05) is 30.3 Å². The number of halogens is 1. The Morgan fingerprint density at radius 3 is 2.53 bits per heavy atom. The molecule has 0 saturated heterocycles. The SMILES string of the molecule is CC(CCl)N(C)CCCc1ccccc1. The van der Waals surface area contributed by atoms with Crippen molar-refractivity contribution in [2.24, 2.45) is 0 Å². The van der Waals surface area contributed by atoms with Gasteiger partial charge in [-0.15, -0.1) is 11.6 Å². The molecule has 1 rings (SSSR count). The molecule has 1 aromatic rings. The van der Waals surface area contributed by atoms with Crippen LogP contribution in [0.25, 0.3) is 0 Å². The molecular weight excluding hydrogens is 206 g/mol. The van der Waals surface area contributed by atoms with Crippen LogP contribution in [-0.2, 0) is 6.42 Å².